The van der Waals surface area contributed by atoms with E-state index in [9.17, 15) is 4.79 Å². The molecule has 1 amide bonds. The second-order valence-corrected chi connectivity index (χ2v) is 6.42. The summed E-state index contributed by atoms with van der Waals surface area (Å²) in [6.45, 7) is 9.27. The topological polar surface area (TPSA) is 32.3 Å². The highest BCUT2D eigenvalue weighted by Gasteiger charge is 2.32. The maximum absolute atomic E-state index is 12.2. The lowest BCUT2D eigenvalue weighted by atomic mass is 9.95. The number of hydrogen-bond donors (Lipinski definition) is 1. The summed E-state index contributed by atoms with van der Waals surface area (Å²) in [5.74, 6) is 1.41. The molecule has 1 saturated heterocycles. The second kappa shape index (κ2) is 7.60. The molecule has 1 aromatic carbocycles. The van der Waals surface area contributed by atoms with E-state index in [1.54, 1.807) is 0 Å². The van der Waals surface area contributed by atoms with Crippen LogP contribution >= 0.6 is 0 Å². The van der Waals surface area contributed by atoms with Crippen LogP contribution in [0.15, 0.2) is 30.3 Å². The number of carbonyl (C=O) groups excluding carboxylic acids is 1. The number of likely N-dealkylation sites (tertiary alicyclic amines) is 1. The molecule has 1 fully saturated rings. The minimum atomic E-state index is 0.237. The molecule has 3 heteroatoms. The Kier molecular flexibility index (Phi) is 5.80. The van der Waals surface area contributed by atoms with Crippen LogP contribution in [0, 0.1) is 11.8 Å². The lowest BCUT2D eigenvalue weighted by molar-refractivity contribution is -0.128. The van der Waals surface area contributed by atoms with Gasteiger partial charge in [-0.2, -0.15) is 0 Å². The maximum Gasteiger partial charge on any atom is 0.222 e. The van der Waals surface area contributed by atoms with E-state index < -0.39 is 0 Å². The molecule has 1 aromatic rings. The average Bonchev–Trinajstić information content (AvgIpc) is 2.86. The molecule has 0 saturated carbocycles. The van der Waals surface area contributed by atoms with Crippen LogP contribution in [0.2, 0.25) is 0 Å². The second-order valence-electron chi connectivity index (χ2n) is 6.42. The molecule has 116 valence electrons. The van der Waals surface area contributed by atoms with Gasteiger partial charge in [0, 0.05) is 25.6 Å². The number of carbonyl (C=O) groups is 1. The Hall–Kier alpha value is -1.35. The number of rotatable bonds is 7. The van der Waals surface area contributed by atoms with E-state index in [0.29, 0.717) is 24.2 Å². The van der Waals surface area contributed by atoms with Crippen molar-refractivity contribution >= 4 is 5.91 Å². The van der Waals surface area contributed by atoms with Crippen molar-refractivity contribution in [2.24, 2.45) is 11.8 Å². The van der Waals surface area contributed by atoms with E-state index in [4.69, 9.17) is 0 Å². The zero-order chi connectivity index (χ0) is 15.2. The SMILES string of the molecule is CCCNC(CN1CC(C(C)C)CC1=O)c1ccccc1. The van der Waals surface area contributed by atoms with Gasteiger partial charge in [0.25, 0.3) is 0 Å². The fourth-order valence-corrected chi connectivity index (χ4v) is 2.94. The highest BCUT2D eigenvalue weighted by atomic mass is 16.2. The van der Waals surface area contributed by atoms with Crippen molar-refractivity contribution in [3.8, 4) is 0 Å². The summed E-state index contributed by atoms with van der Waals surface area (Å²) in [4.78, 5) is 14.3. The molecule has 21 heavy (non-hydrogen) atoms. The van der Waals surface area contributed by atoms with Gasteiger partial charge in [-0.3, -0.25) is 4.79 Å². The molecule has 2 unspecified atom stereocenters. The molecular weight excluding hydrogens is 260 g/mol. The standard InChI is InChI=1S/C18H28N2O/c1-4-10-19-17(15-8-6-5-7-9-15)13-20-12-16(14(2)3)11-18(20)21/h5-9,14,16-17,19H,4,10-13H2,1-3H3. The van der Waals surface area contributed by atoms with Crippen molar-refractivity contribution in [1.82, 2.24) is 10.2 Å². The summed E-state index contributed by atoms with van der Waals surface area (Å²) in [6.07, 6.45) is 1.82. The van der Waals surface area contributed by atoms with Crippen LogP contribution < -0.4 is 5.32 Å². The Balaban J connectivity index is 2.03. The zero-order valence-corrected chi connectivity index (χ0v) is 13.5. The molecule has 0 aromatic heterocycles. The van der Waals surface area contributed by atoms with E-state index in [0.717, 1.165) is 26.1 Å². The quantitative estimate of drug-likeness (QED) is 0.835. The normalized spacial score (nSPS) is 20.3. The smallest absolute Gasteiger partial charge is 0.222 e. The first-order valence-corrected chi connectivity index (χ1v) is 8.18. The lowest BCUT2D eigenvalue weighted by Gasteiger charge is -2.26. The minimum Gasteiger partial charge on any atom is -0.340 e. The molecule has 0 spiro atoms. The van der Waals surface area contributed by atoms with Crippen molar-refractivity contribution in [2.45, 2.75) is 39.7 Å². The molecule has 0 radical (unpaired) electrons. The summed E-state index contributed by atoms with van der Waals surface area (Å²) >= 11 is 0. The summed E-state index contributed by atoms with van der Waals surface area (Å²) in [5, 5.41) is 3.58. The van der Waals surface area contributed by atoms with Gasteiger partial charge in [-0.25, -0.2) is 0 Å². The lowest BCUT2D eigenvalue weighted by Crippen LogP contribution is -2.36. The van der Waals surface area contributed by atoms with Crippen molar-refractivity contribution in [3.63, 3.8) is 0 Å². The zero-order valence-electron chi connectivity index (χ0n) is 13.5. The predicted molar refractivity (Wildman–Crippen MR) is 87.0 cm³/mol. The average molecular weight is 288 g/mol. The molecule has 1 aliphatic rings. The summed E-state index contributed by atoms with van der Waals surface area (Å²) in [5.41, 5.74) is 1.27. The van der Waals surface area contributed by atoms with Gasteiger partial charge < -0.3 is 10.2 Å². The van der Waals surface area contributed by atoms with E-state index in [-0.39, 0.29) is 6.04 Å². The van der Waals surface area contributed by atoms with Gasteiger partial charge in [-0.15, -0.1) is 0 Å². The van der Waals surface area contributed by atoms with Crippen LogP contribution in [-0.4, -0.2) is 30.4 Å². The van der Waals surface area contributed by atoms with E-state index in [1.165, 1.54) is 5.56 Å². The molecule has 1 N–H and O–H groups in total. The van der Waals surface area contributed by atoms with Crippen molar-refractivity contribution in [3.05, 3.63) is 35.9 Å². The number of hydrogen-bond acceptors (Lipinski definition) is 2. The van der Waals surface area contributed by atoms with Gasteiger partial charge in [0.1, 0.15) is 0 Å². The van der Waals surface area contributed by atoms with Crippen LogP contribution in [0.1, 0.15) is 45.2 Å². The van der Waals surface area contributed by atoms with Crippen molar-refractivity contribution < 1.29 is 4.79 Å². The number of nitrogens with zero attached hydrogens (tertiary/aromatic N) is 1. The third kappa shape index (κ3) is 4.31. The molecule has 2 atom stereocenters. The van der Waals surface area contributed by atoms with Gasteiger partial charge in [0.05, 0.1) is 0 Å². The van der Waals surface area contributed by atoms with Crippen LogP contribution in [0.4, 0.5) is 0 Å². The summed E-state index contributed by atoms with van der Waals surface area (Å²) in [6, 6.07) is 10.7. The third-order valence-electron chi connectivity index (χ3n) is 4.43. The number of nitrogens with one attached hydrogen (secondary N) is 1. The van der Waals surface area contributed by atoms with Crippen molar-refractivity contribution in [1.29, 1.82) is 0 Å². The van der Waals surface area contributed by atoms with Gasteiger partial charge in [-0.1, -0.05) is 51.1 Å². The maximum atomic E-state index is 12.2. The van der Waals surface area contributed by atoms with Crippen LogP contribution in [-0.2, 0) is 4.79 Å². The first-order chi connectivity index (χ1) is 10.1. The number of amides is 1. The molecule has 3 nitrogen and oxygen atoms in total. The summed E-state index contributed by atoms with van der Waals surface area (Å²) in [7, 11) is 0. The van der Waals surface area contributed by atoms with Gasteiger partial charge in [0.2, 0.25) is 5.91 Å². The fourth-order valence-electron chi connectivity index (χ4n) is 2.94. The molecule has 1 aliphatic heterocycles. The summed E-state index contributed by atoms with van der Waals surface area (Å²) < 4.78 is 0. The first-order valence-electron chi connectivity index (χ1n) is 8.18. The first kappa shape index (κ1) is 16.0. The number of benzene rings is 1. The molecule has 0 aliphatic carbocycles. The minimum absolute atomic E-state index is 0.237. The molecule has 1 heterocycles. The molecule has 2 rings (SSSR count). The van der Waals surface area contributed by atoms with Crippen LogP contribution in [0.25, 0.3) is 0 Å². The van der Waals surface area contributed by atoms with E-state index >= 15 is 0 Å². The van der Waals surface area contributed by atoms with Crippen LogP contribution in [0.3, 0.4) is 0 Å². The predicted octanol–water partition coefficient (Wildman–Crippen LogP) is 3.23. The molecule has 0 bridgehead atoms. The Morgan fingerprint density at radius 1 is 1.29 bits per heavy atom. The highest BCUT2D eigenvalue weighted by molar-refractivity contribution is 5.78. The van der Waals surface area contributed by atoms with Gasteiger partial charge in [-0.05, 0) is 30.4 Å². The Morgan fingerprint density at radius 3 is 2.57 bits per heavy atom. The fraction of sp³-hybridized carbons (Fsp3) is 0.611. The van der Waals surface area contributed by atoms with E-state index in [1.807, 2.05) is 11.0 Å². The Morgan fingerprint density at radius 2 is 2.00 bits per heavy atom. The van der Waals surface area contributed by atoms with Gasteiger partial charge >= 0.3 is 0 Å². The monoisotopic (exact) mass is 288 g/mol. The third-order valence-corrected chi connectivity index (χ3v) is 4.43. The van der Waals surface area contributed by atoms with Crippen molar-refractivity contribution in [2.75, 3.05) is 19.6 Å². The largest absolute Gasteiger partial charge is 0.340 e. The van der Waals surface area contributed by atoms with Crippen LogP contribution in [0.5, 0.6) is 0 Å². The van der Waals surface area contributed by atoms with Gasteiger partial charge in [0.15, 0.2) is 0 Å². The molecular formula is C18H28N2O. The Bertz CT molecular complexity index is 444. The Labute approximate surface area is 128 Å². The highest BCUT2D eigenvalue weighted by Crippen LogP contribution is 2.26. The van der Waals surface area contributed by atoms with E-state index in [2.05, 4.69) is 50.4 Å².